The number of nitriles is 1. The maximum absolute atomic E-state index is 13.0. The Hall–Kier alpha value is -4.20. The van der Waals surface area contributed by atoms with Crippen LogP contribution in [0.2, 0.25) is 0 Å². The first kappa shape index (κ1) is 17.2. The summed E-state index contributed by atoms with van der Waals surface area (Å²) in [7, 11) is 0. The SMILES string of the molecule is CC(Nc1ncnc(N)c1C#N)c1nc2cccn2c(=O)n1Cc1ccn[nH]1. The van der Waals surface area contributed by atoms with Gasteiger partial charge < -0.3 is 11.1 Å². The van der Waals surface area contributed by atoms with E-state index in [0.717, 1.165) is 5.69 Å². The van der Waals surface area contributed by atoms with Gasteiger partial charge in [-0.1, -0.05) is 0 Å². The summed E-state index contributed by atoms with van der Waals surface area (Å²) in [6.45, 7) is 2.09. The number of nitrogen functional groups attached to an aromatic ring is 1. The van der Waals surface area contributed by atoms with Crippen LogP contribution in [-0.2, 0) is 6.54 Å². The van der Waals surface area contributed by atoms with Gasteiger partial charge in [0.15, 0.2) is 0 Å². The Kier molecular flexibility index (Phi) is 4.21. The zero-order valence-corrected chi connectivity index (χ0v) is 14.9. The van der Waals surface area contributed by atoms with E-state index < -0.39 is 6.04 Å². The molecule has 4 heterocycles. The van der Waals surface area contributed by atoms with Gasteiger partial charge in [0.05, 0.1) is 18.3 Å². The zero-order valence-electron chi connectivity index (χ0n) is 14.9. The smallest absolute Gasteiger partial charge is 0.335 e. The molecule has 0 aliphatic heterocycles. The van der Waals surface area contributed by atoms with E-state index in [9.17, 15) is 10.1 Å². The van der Waals surface area contributed by atoms with E-state index in [2.05, 4.69) is 30.5 Å². The number of hydrogen-bond acceptors (Lipinski definition) is 8. The number of nitrogens with zero attached hydrogens (tertiary/aromatic N) is 7. The number of H-pyrrole nitrogens is 1. The second-order valence-electron chi connectivity index (χ2n) is 6.12. The van der Waals surface area contributed by atoms with Gasteiger partial charge in [-0.2, -0.15) is 10.4 Å². The van der Waals surface area contributed by atoms with Crippen LogP contribution in [0.15, 0.2) is 41.7 Å². The molecule has 0 radical (unpaired) electrons. The van der Waals surface area contributed by atoms with Crippen LogP contribution in [0.1, 0.15) is 30.0 Å². The predicted octanol–water partition coefficient (Wildman–Crippen LogP) is 0.684. The fourth-order valence-electron chi connectivity index (χ4n) is 2.94. The summed E-state index contributed by atoms with van der Waals surface area (Å²) in [5, 5.41) is 19.2. The molecule has 0 fully saturated rings. The molecular formula is C17H16N10O. The second kappa shape index (κ2) is 6.84. The monoisotopic (exact) mass is 376 g/mol. The third kappa shape index (κ3) is 2.92. The van der Waals surface area contributed by atoms with Crippen LogP contribution in [0, 0.1) is 11.3 Å². The van der Waals surface area contributed by atoms with Crippen LogP contribution in [0.5, 0.6) is 0 Å². The molecule has 0 bridgehead atoms. The van der Waals surface area contributed by atoms with Gasteiger partial charge in [0.1, 0.15) is 41.1 Å². The van der Waals surface area contributed by atoms with Gasteiger partial charge in [-0.05, 0) is 25.1 Å². The molecule has 4 rings (SSSR count). The molecule has 4 N–H and O–H groups in total. The molecule has 140 valence electrons. The van der Waals surface area contributed by atoms with E-state index in [1.54, 1.807) is 30.6 Å². The van der Waals surface area contributed by atoms with Gasteiger partial charge in [0.2, 0.25) is 0 Å². The first-order valence-electron chi connectivity index (χ1n) is 8.41. The highest BCUT2D eigenvalue weighted by molar-refractivity contribution is 5.62. The molecule has 4 aromatic heterocycles. The maximum Gasteiger partial charge on any atom is 0.335 e. The molecule has 0 amide bonds. The summed E-state index contributed by atoms with van der Waals surface area (Å²) in [6.07, 6.45) is 4.55. The first-order chi connectivity index (χ1) is 13.6. The zero-order chi connectivity index (χ0) is 19.7. The lowest BCUT2D eigenvalue weighted by Gasteiger charge is -2.19. The van der Waals surface area contributed by atoms with Gasteiger partial charge >= 0.3 is 5.69 Å². The minimum Gasteiger partial charge on any atom is -0.382 e. The minimum absolute atomic E-state index is 0.0806. The molecule has 0 saturated carbocycles. The Labute approximate surface area is 158 Å². The molecule has 11 heteroatoms. The van der Waals surface area contributed by atoms with Crippen LogP contribution < -0.4 is 16.7 Å². The highest BCUT2D eigenvalue weighted by Gasteiger charge is 2.19. The molecular weight excluding hydrogens is 360 g/mol. The Morgan fingerprint density at radius 2 is 2.25 bits per heavy atom. The quantitative estimate of drug-likeness (QED) is 0.459. The van der Waals surface area contributed by atoms with Gasteiger partial charge in [-0.25, -0.2) is 19.7 Å². The third-order valence-electron chi connectivity index (χ3n) is 4.29. The summed E-state index contributed by atoms with van der Waals surface area (Å²) in [5.41, 5.74) is 6.93. The first-order valence-corrected chi connectivity index (χ1v) is 8.41. The molecule has 0 aliphatic rings. The largest absolute Gasteiger partial charge is 0.382 e. The molecule has 0 aromatic carbocycles. The van der Waals surface area contributed by atoms with E-state index in [0.29, 0.717) is 11.5 Å². The van der Waals surface area contributed by atoms with Crippen molar-refractivity contribution in [2.75, 3.05) is 11.1 Å². The minimum atomic E-state index is -0.447. The average molecular weight is 376 g/mol. The van der Waals surface area contributed by atoms with Gasteiger partial charge in [-0.3, -0.25) is 14.1 Å². The predicted molar refractivity (Wildman–Crippen MR) is 100 cm³/mol. The summed E-state index contributed by atoms with van der Waals surface area (Å²) in [6, 6.07) is 6.83. The number of anilines is 2. The van der Waals surface area contributed by atoms with Crippen molar-refractivity contribution in [3.63, 3.8) is 0 Å². The molecule has 0 spiro atoms. The van der Waals surface area contributed by atoms with Gasteiger partial charge in [-0.15, -0.1) is 0 Å². The van der Waals surface area contributed by atoms with Gasteiger partial charge in [0.25, 0.3) is 0 Å². The van der Waals surface area contributed by atoms with Gasteiger partial charge in [0, 0.05) is 12.4 Å². The fraction of sp³-hybridized carbons (Fsp3) is 0.176. The average Bonchev–Trinajstić information content (AvgIpc) is 3.36. The number of hydrogen-bond donors (Lipinski definition) is 3. The van der Waals surface area contributed by atoms with Crippen molar-refractivity contribution in [2.24, 2.45) is 0 Å². The summed E-state index contributed by atoms with van der Waals surface area (Å²) < 4.78 is 3.00. The molecule has 0 saturated heterocycles. The van der Waals surface area contributed by atoms with Crippen LogP contribution in [0.25, 0.3) is 5.65 Å². The van der Waals surface area contributed by atoms with E-state index in [1.165, 1.54) is 15.3 Å². The lowest BCUT2D eigenvalue weighted by atomic mass is 10.2. The Bertz CT molecular complexity index is 1230. The van der Waals surface area contributed by atoms with Crippen LogP contribution in [-0.4, -0.2) is 34.1 Å². The van der Waals surface area contributed by atoms with Crippen molar-refractivity contribution in [3.05, 3.63) is 64.5 Å². The number of aromatic amines is 1. The number of nitrogens with two attached hydrogens (primary N) is 1. The molecule has 1 atom stereocenters. The molecule has 1 unspecified atom stereocenters. The standard InChI is InChI=1S/C17H16N10O/c1-10(23-15-12(7-18)14(19)20-9-21-15)16-24-13-3-2-6-26(13)17(28)27(16)8-11-4-5-22-25-11/h2-6,9-10H,8H2,1H3,(H,22,25)(H3,19,20,21,23). The maximum atomic E-state index is 13.0. The summed E-state index contributed by atoms with van der Waals surface area (Å²) >= 11 is 0. The Morgan fingerprint density at radius 3 is 3.00 bits per heavy atom. The number of nitrogens with one attached hydrogen (secondary N) is 2. The van der Waals surface area contributed by atoms with E-state index in [-0.39, 0.29) is 29.4 Å². The highest BCUT2D eigenvalue weighted by Crippen LogP contribution is 2.21. The second-order valence-corrected chi connectivity index (χ2v) is 6.12. The number of fused-ring (bicyclic) bond motifs is 1. The lowest BCUT2D eigenvalue weighted by Crippen LogP contribution is -2.33. The van der Waals surface area contributed by atoms with Crippen molar-refractivity contribution in [1.82, 2.24) is 34.1 Å². The number of aromatic nitrogens is 7. The highest BCUT2D eigenvalue weighted by atomic mass is 16.1. The van der Waals surface area contributed by atoms with Crippen molar-refractivity contribution in [1.29, 1.82) is 5.26 Å². The fourth-order valence-corrected chi connectivity index (χ4v) is 2.94. The van der Waals surface area contributed by atoms with Crippen molar-refractivity contribution < 1.29 is 0 Å². The van der Waals surface area contributed by atoms with Crippen LogP contribution in [0.4, 0.5) is 11.6 Å². The van der Waals surface area contributed by atoms with E-state index in [4.69, 9.17) is 5.73 Å². The van der Waals surface area contributed by atoms with Crippen LogP contribution in [0.3, 0.4) is 0 Å². The van der Waals surface area contributed by atoms with E-state index in [1.807, 2.05) is 13.0 Å². The molecule has 0 aliphatic carbocycles. The molecule has 4 aromatic rings. The number of rotatable bonds is 5. The Balaban J connectivity index is 1.80. The summed E-state index contributed by atoms with van der Waals surface area (Å²) in [5.74, 6) is 0.837. The molecule has 11 nitrogen and oxygen atoms in total. The van der Waals surface area contributed by atoms with Crippen molar-refractivity contribution in [3.8, 4) is 6.07 Å². The topological polar surface area (TPSA) is 156 Å². The third-order valence-corrected chi connectivity index (χ3v) is 4.29. The lowest BCUT2D eigenvalue weighted by molar-refractivity contribution is 0.597. The summed E-state index contributed by atoms with van der Waals surface area (Å²) in [4.78, 5) is 25.5. The molecule has 28 heavy (non-hydrogen) atoms. The van der Waals surface area contributed by atoms with Crippen LogP contribution >= 0.6 is 0 Å². The van der Waals surface area contributed by atoms with E-state index >= 15 is 0 Å². The van der Waals surface area contributed by atoms with Crippen molar-refractivity contribution >= 4 is 17.3 Å². The Morgan fingerprint density at radius 1 is 1.39 bits per heavy atom. The normalized spacial score (nSPS) is 12.0. The van der Waals surface area contributed by atoms with Crippen molar-refractivity contribution in [2.45, 2.75) is 19.5 Å².